The second-order valence-corrected chi connectivity index (χ2v) is 6.94. The highest BCUT2D eigenvalue weighted by Gasteiger charge is 2.24. The van der Waals surface area contributed by atoms with Gasteiger partial charge in [0.2, 0.25) is 0 Å². The first-order valence-electron chi connectivity index (χ1n) is 7.65. The zero-order chi connectivity index (χ0) is 17.9. The van der Waals surface area contributed by atoms with Crippen molar-refractivity contribution in [2.75, 3.05) is 17.8 Å². The third kappa shape index (κ3) is 3.59. The second-order valence-electron chi connectivity index (χ2n) is 5.32. The van der Waals surface area contributed by atoms with Gasteiger partial charge < -0.3 is 9.42 Å². The molecule has 1 N–H and O–H groups in total. The molecule has 0 aliphatic rings. The minimum atomic E-state index is -3.84. The van der Waals surface area contributed by atoms with Gasteiger partial charge in [-0.2, -0.15) is 0 Å². The summed E-state index contributed by atoms with van der Waals surface area (Å²) in [5.41, 5.74) is 1.03. The zero-order valence-electron chi connectivity index (χ0n) is 14.2. The molecule has 24 heavy (non-hydrogen) atoms. The number of aryl methyl sites for hydroxylation is 2. The molecule has 0 atom stereocenters. The molecule has 2 aromatic rings. The Balaban J connectivity index is 2.32. The summed E-state index contributed by atoms with van der Waals surface area (Å²) in [4.78, 5) is 14.1. The molecule has 0 aliphatic heterocycles. The Morgan fingerprint density at radius 1 is 1.25 bits per heavy atom. The first kappa shape index (κ1) is 18.0. The van der Waals surface area contributed by atoms with Crippen LogP contribution >= 0.6 is 0 Å². The van der Waals surface area contributed by atoms with Crippen LogP contribution < -0.4 is 4.72 Å². The maximum atomic E-state index is 12.5. The molecule has 1 aromatic carbocycles. The number of rotatable bonds is 6. The predicted molar refractivity (Wildman–Crippen MR) is 90.5 cm³/mol. The number of anilines is 1. The number of sulfonamides is 1. The Labute approximate surface area is 141 Å². The highest BCUT2D eigenvalue weighted by atomic mass is 32.2. The van der Waals surface area contributed by atoms with Gasteiger partial charge in [-0.1, -0.05) is 11.2 Å². The molecule has 0 bridgehead atoms. The van der Waals surface area contributed by atoms with Crippen molar-refractivity contribution in [2.24, 2.45) is 0 Å². The van der Waals surface area contributed by atoms with Crippen LogP contribution in [0, 0.1) is 13.8 Å². The Hall–Kier alpha value is -2.35. The number of hydrogen-bond acceptors (Lipinski definition) is 5. The molecule has 0 aliphatic carbocycles. The van der Waals surface area contributed by atoms with Crippen LogP contribution in [0.5, 0.6) is 0 Å². The van der Waals surface area contributed by atoms with E-state index in [0.717, 1.165) is 0 Å². The Bertz CT molecular complexity index is 819. The van der Waals surface area contributed by atoms with Crippen molar-refractivity contribution in [1.82, 2.24) is 10.1 Å². The van der Waals surface area contributed by atoms with Crippen LogP contribution in [0.1, 0.15) is 35.7 Å². The number of aromatic nitrogens is 1. The van der Waals surface area contributed by atoms with Gasteiger partial charge in [-0.05, 0) is 45.9 Å². The van der Waals surface area contributed by atoms with E-state index in [-0.39, 0.29) is 22.3 Å². The van der Waals surface area contributed by atoms with E-state index in [1.165, 1.54) is 13.0 Å². The summed E-state index contributed by atoms with van der Waals surface area (Å²) in [7, 11) is -3.84. The molecule has 1 aromatic heterocycles. The molecule has 0 radical (unpaired) electrons. The van der Waals surface area contributed by atoms with Crippen LogP contribution in [0.15, 0.2) is 33.7 Å². The van der Waals surface area contributed by atoms with Gasteiger partial charge in [-0.3, -0.25) is 9.52 Å². The summed E-state index contributed by atoms with van der Waals surface area (Å²) in [5, 5.41) is 3.66. The van der Waals surface area contributed by atoms with E-state index in [4.69, 9.17) is 4.52 Å². The highest BCUT2D eigenvalue weighted by Crippen LogP contribution is 2.23. The predicted octanol–water partition coefficient (Wildman–Crippen LogP) is 2.57. The molecule has 0 fully saturated rings. The first-order chi connectivity index (χ1) is 11.3. The third-order valence-electron chi connectivity index (χ3n) is 3.65. The Morgan fingerprint density at radius 2 is 1.92 bits per heavy atom. The number of amides is 1. The van der Waals surface area contributed by atoms with E-state index < -0.39 is 10.0 Å². The molecule has 130 valence electrons. The van der Waals surface area contributed by atoms with Crippen molar-refractivity contribution < 1.29 is 17.7 Å². The van der Waals surface area contributed by atoms with Gasteiger partial charge in [-0.25, -0.2) is 8.42 Å². The number of carbonyl (C=O) groups excluding carboxylic acids is 1. The van der Waals surface area contributed by atoms with Crippen molar-refractivity contribution in [1.29, 1.82) is 0 Å². The molecule has 0 saturated carbocycles. The van der Waals surface area contributed by atoms with Gasteiger partial charge in [0.25, 0.3) is 15.9 Å². The van der Waals surface area contributed by atoms with Crippen molar-refractivity contribution in [3.8, 4) is 0 Å². The van der Waals surface area contributed by atoms with Crippen LogP contribution in [0.2, 0.25) is 0 Å². The number of nitrogens with one attached hydrogen (secondary N) is 1. The Morgan fingerprint density at radius 3 is 2.46 bits per heavy atom. The van der Waals surface area contributed by atoms with E-state index in [9.17, 15) is 13.2 Å². The largest absolute Gasteiger partial charge is 0.360 e. The van der Waals surface area contributed by atoms with E-state index in [1.807, 2.05) is 13.8 Å². The summed E-state index contributed by atoms with van der Waals surface area (Å²) in [5.74, 6) is 0.0776. The summed E-state index contributed by atoms with van der Waals surface area (Å²) in [6.07, 6.45) is 0. The fraction of sp³-hybridized carbons (Fsp3) is 0.375. The second kappa shape index (κ2) is 7.04. The molecule has 0 spiro atoms. The van der Waals surface area contributed by atoms with Gasteiger partial charge in [0.05, 0.1) is 0 Å². The van der Waals surface area contributed by atoms with E-state index >= 15 is 0 Å². The minimum absolute atomic E-state index is 0.0166. The molecule has 1 amide bonds. The van der Waals surface area contributed by atoms with Crippen LogP contribution in [-0.2, 0) is 10.0 Å². The lowest BCUT2D eigenvalue weighted by molar-refractivity contribution is 0.0773. The van der Waals surface area contributed by atoms with Crippen LogP contribution in [0.4, 0.5) is 5.69 Å². The quantitative estimate of drug-likeness (QED) is 0.863. The lowest BCUT2D eigenvalue weighted by Crippen LogP contribution is -2.30. The zero-order valence-corrected chi connectivity index (χ0v) is 15.0. The topological polar surface area (TPSA) is 92.5 Å². The first-order valence-corrected chi connectivity index (χ1v) is 9.13. The van der Waals surface area contributed by atoms with Gasteiger partial charge >= 0.3 is 0 Å². The number of carbonyl (C=O) groups is 1. The highest BCUT2D eigenvalue weighted by molar-refractivity contribution is 7.92. The fourth-order valence-corrected chi connectivity index (χ4v) is 3.85. The minimum Gasteiger partial charge on any atom is -0.360 e. The van der Waals surface area contributed by atoms with Crippen LogP contribution in [-0.4, -0.2) is 37.5 Å². The summed E-state index contributed by atoms with van der Waals surface area (Å²) in [6.45, 7) is 8.06. The van der Waals surface area contributed by atoms with E-state index in [1.54, 1.807) is 30.0 Å². The molecule has 2 rings (SSSR count). The SMILES string of the molecule is CCN(CC)C(=O)c1cccc(NS(=O)(=O)c2c(C)noc2C)c1. The molecule has 8 heteroatoms. The average Bonchev–Trinajstić information content (AvgIpc) is 2.88. The molecular formula is C16H21N3O4S. The maximum absolute atomic E-state index is 12.5. The van der Waals surface area contributed by atoms with Crippen molar-refractivity contribution in [3.05, 3.63) is 41.3 Å². The van der Waals surface area contributed by atoms with Crippen molar-refractivity contribution >= 4 is 21.6 Å². The molecule has 1 heterocycles. The molecule has 0 saturated heterocycles. The standard InChI is InChI=1S/C16H21N3O4S/c1-5-19(6-2)16(20)13-8-7-9-14(10-13)18-24(21,22)15-11(3)17-23-12(15)4/h7-10,18H,5-6H2,1-4H3. The van der Waals surface area contributed by atoms with Crippen LogP contribution in [0.3, 0.4) is 0 Å². The molecule has 7 nitrogen and oxygen atoms in total. The summed E-state index contributed by atoms with van der Waals surface area (Å²) >= 11 is 0. The van der Waals surface area contributed by atoms with E-state index in [2.05, 4.69) is 9.88 Å². The van der Waals surface area contributed by atoms with E-state index in [0.29, 0.717) is 24.3 Å². The van der Waals surface area contributed by atoms with Gasteiger partial charge in [0.15, 0.2) is 10.7 Å². The fourth-order valence-electron chi connectivity index (χ4n) is 2.47. The van der Waals surface area contributed by atoms with Gasteiger partial charge in [0, 0.05) is 24.3 Å². The Kier molecular flexibility index (Phi) is 5.28. The molecular weight excluding hydrogens is 330 g/mol. The number of nitrogens with zero attached hydrogens (tertiary/aromatic N) is 2. The number of benzene rings is 1. The van der Waals surface area contributed by atoms with Crippen LogP contribution in [0.25, 0.3) is 0 Å². The molecule has 0 unspecified atom stereocenters. The normalized spacial score (nSPS) is 11.3. The van der Waals surface area contributed by atoms with Gasteiger partial charge in [-0.15, -0.1) is 0 Å². The van der Waals surface area contributed by atoms with Crippen molar-refractivity contribution in [3.63, 3.8) is 0 Å². The third-order valence-corrected chi connectivity index (χ3v) is 5.27. The smallest absolute Gasteiger partial charge is 0.267 e. The maximum Gasteiger partial charge on any atom is 0.267 e. The monoisotopic (exact) mass is 351 g/mol. The lowest BCUT2D eigenvalue weighted by atomic mass is 10.2. The van der Waals surface area contributed by atoms with Gasteiger partial charge in [0.1, 0.15) is 5.69 Å². The summed E-state index contributed by atoms with van der Waals surface area (Å²) < 4.78 is 32.4. The van der Waals surface area contributed by atoms with Crippen molar-refractivity contribution in [2.45, 2.75) is 32.6 Å². The number of hydrogen-bond donors (Lipinski definition) is 1. The summed E-state index contributed by atoms with van der Waals surface area (Å²) in [6, 6.07) is 6.42. The lowest BCUT2D eigenvalue weighted by Gasteiger charge is -2.19. The average molecular weight is 351 g/mol.